The minimum atomic E-state index is -0.00237. The van der Waals surface area contributed by atoms with E-state index in [0.29, 0.717) is 12.5 Å². The van der Waals surface area contributed by atoms with E-state index in [1.165, 1.54) is 12.8 Å². The largest absolute Gasteiger partial charge is 0.489 e. The molecule has 1 aliphatic heterocycles. The highest BCUT2D eigenvalue weighted by Crippen LogP contribution is 2.28. The molecule has 2 aliphatic rings. The molecule has 2 aromatic rings. The van der Waals surface area contributed by atoms with Gasteiger partial charge in [-0.3, -0.25) is 4.79 Å². The summed E-state index contributed by atoms with van der Waals surface area (Å²) in [5, 5.41) is 3.14. The summed E-state index contributed by atoms with van der Waals surface area (Å²) in [6, 6.07) is 18.6. The molecule has 0 bridgehead atoms. The van der Waals surface area contributed by atoms with Crippen molar-refractivity contribution in [1.82, 2.24) is 5.32 Å². The number of nitrogens with zero attached hydrogens (tertiary/aromatic N) is 1. The second kappa shape index (κ2) is 9.79. The number of hydrogen-bond acceptors (Lipinski definition) is 4. The summed E-state index contributed by atoms with van der Waals surface area (Å²) in [6.45, 7) is 3.27. The van der Waals surface area contributed by atoms with Crippen LogP contribution in [0.1, 0.15) is 31.2 Å². The van der Waals surface area contributed by atoms with Gasteiger partial charge in [0.05, 0.1) is 6.61 Å². The van der Waals surface area contributed by atoms with Crippen molar-refractivity contribution in [3.63, 3.8) is 0 Å². The number of hydrogen-bond donors (Lipinski definition) is 1. The van der Waals surface area contributed by atoms with E-state index < -0.39 is 0 Å². The average molecular weight is 395 g/mol. The maximum absolute atomic E-state index is 12.2. The van der Waals surface area contributed by atoms with Crippen molar-refractivity contribution < 1.29 is 14.3 Å². The lowest BCUT2D eigenvalue weighted by molar-refractivity contribution is -0.126. The van der Waals surface area contributed by atoms with Gasteiger partial charge in [0.25, 0.3) is 0 Å². The molecule has 1 atom stereocenters. The number of nitrogens with one attached hydrogen (secondary N) is 1. The molecule has 2 fully saturated rings. The summed E-state index contributed by atoms with van der Waals surface area (Å²) >= 11 is 0. The van der Waals surface area contributed by atoms with Crippen molar-refractivity contribution in [2.24, 2.45) is 5.92 Å². The Morgan fingerprint density at radius 3 is 2.76 bits per heavy atom. The van der Waals surface area contributed by atoms with E-state index in [2.05, 4.69) is 34.5 Å². The molecular formula is C24H30N2O3. The van der Waals surface area contributed by atoms with E-state index in [1.54, 1.807) is 0 Å². The zero-order valence-corrected chi connectivity index (χ0v) is 16.9. The molecule has 1 N–H and O–H groups in total. The van der Waals surface area contributed by atoms with Crippen molar-refractivity contribution in [1.29, 1.82) is 0 Å². The molecule has 1 saturated carbocycles. The fourth-order valence-corrected chi connectivity index (χ4v) is 3.71. The van der Waals surface area contributed by atoms with Crippen LogP contribution in [0.2, 0.25) is 0 Å². The molecule has 1 aliphatic carbocycles. The molecule has 1 amide bonds. The van der Waals surface area contributed by atoms with Gasteiger partial charge in [-0.1, -0.05) is 36.4 Å². The first kappa shape index (κ1) is 19.8. The zero-order valence-electron chi connectivity index (χ0n) is 16.9. The number of ether oxygens (including phenoxy) is 2. The maximum Gasteiger partial charge on any atom is 0.246 e. The Balaban J connectivity index is 1.27. The van der Waals surface area contributed by atoms with E-state index >= 15 is 0 Å². The van der Waals surface area contributed by atoms with Gasteiger partial charge in [-0.05, 0) is 49.3 Å². The fraction of sp³-hybridized carbons (Fsp3) is 0.458. The Morgan fingerprint density at radius 2 is 1.93 bits per heavy atom. The summed E-state index contributed by atoms with van der Waals surface area (Å²) in [4.78, 5) is 14.5. The quantitative estimate of drug-likeness (QED) is 0.703. The monoisotopic (exact) mass is 394 g/mol. The second-order valence-corrected chi connectivity index (χ2v) is 8.08. The van der Waals surface area contributed by atoms with Gasteiger partial charge in [0, 0.05) is 30.9 Å². The van der Waals surface area contributed by atoms with Crippen LogP contribution in [-0.4, -0.2) is 38.3 Å². The summed E-state index contributed by atoms with van der Waals surface area (Å²) in [6.07, 6.45) is 4.55. The molecule has 0 unspecified atom stereocenters. The van der Waals surface area contributed by atoms with E-state index in [0.717, 1.165) is 49.5 Å². The Bertz CT molecular complexity index is 792. The molecule has 1 saturated heterocycles. The normalized spacial score (nSPS) is 19.0. The molecule has 5 heteroatoms. The third-order valence-electron chi connectivity index (χ3n) is 5.50. The van der Waals surface area contributed by atoms with Crippen molar-refractivity contribution in [3.8, 4) is 5.75 Å². The maximum atomic E-state index is 12.2. The molecule has 0 spiro atoms. The molecule has 0 aromatic heterocycles. The lowest BCUT2D eigenvalue weighted by atomic mass is 10.0. The number of carbonyl (C=O) groups excluding carboxylic acids is 1. The van der Waals surface area contributed by atoms with Crippen LogP contribution in [0.4, 0.5) is 5.69 Å². The summed E-state index contributed by atoms with van der Waals surface area (Å²) in [7, 11) is 0. The number of amides is 1. The van der Waals surface area contributed by atoms with Gasteiger partial charge in [-0.15, -0.1) is 0 Å². The zero-order chi connectivity index (χ0) is 19.9. The summed E-state index contributed by atoms with van der Waals surface area (Å²) < 4.78 is 11.5. The first-order valence-corrected chi connectivity index (χ1v) is 10.6. The van der Waals surface area contributed by atoms with Crippen molar-refractivity contribution in [3.05, 3.63) is 60.2 Å². The summed E-state index contributed by atoms with van der Waals surface area (Å²) in [5.41, 5.74) is 2.29. The van der Waals surface area contributed by atoms with Crippen LogP contribution in [0.3, 0.4) is 0 Å². The Hall–Kier alpha value is -2.53. The SMILES string of the molecule is O=C(COCC1CC1)N[C@H]1CCCN(c2cccc(OCc3ccccc3)c2)C1. The molecule has 5 nitrogen and oxygen atoms in total. The topological polar surface area (TPSA) is 50.8 Å². The van der Waals surface area contributed by atoms with Crippen molar-refractivity contribution in [2.75, 3.05) is 31.2 Å². The van der Waals surface area contributed by atoms with Crippen LogP contribution < -0.4 is 15.0 Å². The summed E-state index contributed by atoms with van der Waals surface area (Å²) in [5.74, 6) is 1.55. The van der Waals surface area contributed by atoms with Gasteiger partial charge in [-0.25, -0.2) is 0 Å². The predicted molar refractivity (Wildman–Crippen MR) is 114 cm³/mol. The highest BCUT2D eigenvalue weighted by atomic mass is 16.5. The van der Waals surface area contributed by atoms with Crippen LogP contribution in [0.25, 0.3) is 0 Å². The Morgan fingerprint density at radius 1 is 1.07 bits per heavy atom. The lowest BCUT2D eigenvalue weighted by Crippen LogP contribution is -2.48. The minimum absolute atomic E-state index is 0.00237. The van der Waals surface area contributed by atoms with Gasteiger partial charge in [-0.2, -0.15) is 0 Å². The van der Waals surface area contributed by atoms with Crippen LogP contribution in [-0.2, 0) is 16.1 Å². The third kappa shape index (κ3) is 6.23. The van der Waals surface area contributed by atoms with Crippen molar-refractivity contribution in [2.45, 2.75) is 38.3 Å². The smallest absolute Gasteiger partial charge is 0.246 e. The van der Waals surface area contributed by atoms with Gasteiger partial charge in [0.15, 0.2) is 0 Å². The number of benzene rings is 2. The van der Waals surface area contributed by atoms with Crippen LogP contribution in [0.5, 0.6) is 5.75 Å². The van der Waals surface area contributed by atoms with Gasteiger partial charge in [0.2, 0.25) is 5.91 Å². The van der Waals surface area contributed by atoms with Crippen LogP contribution in [0, 0.1) is 5.92 Å². The highest BCUT2D eigenvalue weighted by molar-refractivity contribution is 5.77. The first-order chi connectivity index (χ1) is 14.3. The van der Waals surface area contributed by atoms with E-state index in [9.17, 15) is 4.79 Å². The number of carbonyl (C=O) groups is 1. The van der Waals surface area contributed by atoms with Gasteiger partial charge in [0.1, 0.15) is 19.0 Å². The molecule has 29 heavy (non-hydrogen) atoms. The van der Waals surface area contributed by atoms with E-state index in [-0.39, 0.29) is 18.6 Å². The van der Waals surface area contributed by atoms with E-state index in [4.69, 9.17) is 9.47 Å². The van der Waals surface area contributed by atoms with Crippen LogP contribution >= 0.6 is 0 Å². The molecule has 154 valence electrons. The second-order valence-electron chi connectivity index (χ2n) is 8.08. The highest BCUT2D eigenvalue weighted by Gasteiger charge is 2.24. The van der Waals surface area contributed by atoms with E-state index in [1.807, 2.05) is 30.3 Å². The molecular weight excluding hydrogens is 364 g/mol. The lowest BCUT2D eigenvalue weighted by Gasteiger charge is -2.35. The van der Waals surface area contributed by atoms with Gasteiger partial charge >= 0.3 is 0 Å². The number of rotatable bonds is 9. The molecule has 1 heterocycles. The first-order valence-electron chi connectivity index (χ1n) is 10.6. The van der Waals surface area contributed by atoms with Crippen molar-refractivity contribution >= 4 is 11.6 Å². The number of anilines is 1. The minimum Gasteiger partial charge on any atom is -0.489 e. The number of piperidine rings is 1. The standard InChI is InChI=1S/C24H30N2O3/c27-24(18-28-16-20-11-12-20)25-21-8-5-13-26(15-21)22-9-4-10-23(14-22)29-17-19-6-2-1-3-7-19/h1-4,6-7,9-10,14,20-21H,5,8,11-13,15-18H2,(H,25,27)/t21-/m0/s1. The third-order valence-corrected chi connectivity index (χ3v) is 5.50. The molecule has 0 radical (unpaired) electrons. The van der Waals surface area contributed by atoms with Crippen LogP contribution in [0.15, 0.2) is 54.6 Å². The fourth-order valence-electron chi connectivity index (χ4n) is 3.71. The van der Waals surface area contributed by atoms with Gasteiger partial charge < -0.3 is 19.7 Å². The molecule has 4 rings (SSSR count). The average Bonchev–Trinajstić information content (AvgIpc) is 3.58. The Labute approximate surface area is 173 Å². The predicted octanol–water partition coefficient (Wildman–Crippen LogP) is 3.78. The Kier molecular flexibility index (Phi) is 6.67. The molecule has 2 aromatic carbocycles.